The highest BCUT2D eigenvalue weighted by molar-refractivity contribution is 6.29. The van der Waals surface area contributed by atoms with Crippen LogP contribution in [0.5, 0.6) is 0 Å². The molecule has 1 fully saturated rings. The van der Waals surface area contributed by atoms with Gasteiger partial charge in [-0.15, -0.1) is 0 Å². The van der Waals surface area contributed by atoms with Crippen molar-refractivity contribution < 1.29 is 9.53 Å². The van der Waals surface area contributed by atoms with E-state index in [1.165, 1.54) is 12.4 Å². The van der Waals surface area contributed by atoms with Crippen molar-refractivity contribution in [2.45, 2.75) is 19.4 Å². The van der Waals surface area contributed by atoms with E-state index in [1.807, 2.05) is 6.92 Å². The number of amides is 1. The van der Waals surface area contributed by atoms with E-state index < -0.39 is 0 Å². The van der Waals surface area contributed by atoms with Gasteiger partial charge < -0.3 is 10.1 Å². The predicted molar refractivity (Wildman–Crippen MR) is 59.2 cm³/mol. The van der Waals surface area contributed by atoms with Crippen LogP contribution >= 0.6 is 11.6 Å². The summed E-state index contributed by atoms with van der Waals surface area (Å²) in [5.74, 6) is 0.224. The van der Waals surface area contributed by atoms with E-state index in [1.54, 1.807) is 0 Å². The van der Waals surface area contributed by atoms with Crippen LogP contribution in [-0.4, -0.2) is 28.6 Å². The molecule has 1 aromatic rings. The number of hydrogen-bond donors (Lipinski definition) is 1. The van der Waals surface area contributed by atoms with E-state index in [9.17, 15) is 4.79 Å². The number of rotatable bonds is 2. The Morgan fingerprint density at radius 1 is 1.56 bits per heavy atom. The molecule has 5 nitrogen and oxygen atoms in total. The SMILES string of the molecule is CC1CC(C(=O)Nc2cnc(Cl)cn2)CO1. The summed E-state index contributed by atoms with van der Waals surface area (Å²) in [6.07, 6.45) is 3.71. The van der Waals surface area contributed by atoms with E-state index in [2.05, 4.69) is 15.3 Å². The highest BCUT2D eigenvalue weighted by Gasteiger charge is 2.28. The van der Waals surface area contributed by atoms with Crippen LogP contribution in [0.2, 0.25) is 5.15 Å². The highest BCUT2D eigenvalue weighted by Crippen LogP contribution is 2.20. The number of aromatic nitrogens is 2. The van der Waals surface area contributed by atoms with Crippen molar-refractivity contribution in [2.75, 3.05) is 11.9 Å². The van der Waals surface area contributed by atoms with Gasteiger partial charge in [-0.1, -0.05) is 11.6 Å². The van der Waals surface area contributed by atoms with Crippen LogP contribution in [0.1, 0.15) is 13.3 Å². The standard InChI is InChI=1S/C10H12ClN3O2/c1-6-2-7(5-16-6)10(15)14-9-4-12-8(11)3-13-9/h3-4,6-7H,2,5H2,1H3,(H,13,14,15). The van der Waals surface area contributed by atoms with Gasteiger partial charge in [0, 0.05) is 0 Å². The van der Waals surface area contributed by atoms with E-state index in [0.717, 1.165) is 6.42 Å². The van der Waals surface area contributed by atoms with Crippen LogP contribution in [0.4, 0.5) is 5.82 Å². The van der Waals surface area contributed by atoms with Gasteiger partial charge in [-0.05, 0) is 13.3 Å². The molecule has 2 unspecified atom stereocenters. The molecule has 6 heteroatoms. The van der Waals surface area contributed by atoms with E-state index in [-0.39, 0.29) is 17.9 Å². The molecular weight excluding hydrogens is 230 g/mol. The normalized spacial score (nSPS) is 24.4. The van der Waals surface area contributed by atoms with Crippen LogP contribution in [0.15, 0.2) is 12.4 Å². The summed E-state index contributed by atoms with van der Waals surface area (Å²) < 4.78 is 5.33. The number of halogens is 1. The third kappa shape index (κ3) is 2.68. The maximum Gasteiger partial charge on any atom is 0.231 e. The van der Waals surface area contributed by atoms with E-state index >= 15 is 0 Å². The molecular formula is C10H12ClN3O2. The van der Waals surface area contributed by atoms with Gasteiger partial charge in [0.2, 0.25) is 5.91 Å². The predicted octanol–water partition coefficient (Wildman–Crippen LogP) is 1.49. The van der Waals surface area contributed by atoms with Crippen molar-refractivity contribution >= 4 is 23.3 Å². The summed E-state index contributed by atoms with van der Waals surface area (Å²) >= 11 is 5.59. The summed E-state index contributed by atoms with van der Waals surface area (Å²) in [6.45, 7) is 2.42. The lowest BCUT2D eigenvalue weighted by Crippen LogP contribution is -2.23. The molecule has 1 aliphatic heterocycles. The largest absolute Gasteiger partial charge is 0.378 e. The fraction of sp³-hybridized carbons (Fsp3) is 0.500. The zero-order chi connectivity index (χ0) is 11.5. The molecule has 0 bridgehead atoms. The van der Waals surface area contributed by atoms with Gasteiger partial charge in [0.05, 0.1) is 31.0 Å². The molecule has 2 rings (SSSR count). The fourth-order valence-corrected chi connectivity index (χ4v) is 1.70. The molecule has 1 saturated heterocycles. The van der Waals surface area contributed by atoms with Gasteiger partial charge in [-0.3, -0.25) is 4.79 Å². The van der Waals surface area contributed by atoms with Gasteiger partial charge in [-0.2, -0.15) is 0 Å². The lowest BCUT2D eigenvalue weighted by molar-refractivity contribution is -0.119. The van der Waals surface area contributed by atoms with Crippen LogP contribution < -0.4 is 5.32 Å². The molecule has 1 aliphatic rings. The van der Waals surface area contributed by atoms with Crippen molar-refractivity contribution in [3.63, 3.8) is 0 Å². The molecule has 0 aliphatic carbocycles. The van der Waals surface area contributed by atoms with Crippen LogP contribution in [0.3, 0.4) is 0 Å². The zero-order valence-electron chi connectivity index (χ0n) is 8.81. The molecule has 1 amide bonds. The molecule has 1 aromatic heterocycles. The number of anilines is 1. The monoisotopic (exact) mass is 241 g/mol. The van der Waals surface area contributed by atoms with Crippen molar-refractivity contribution in [3.05, 3.63) is 17.5 Å². The number of nitrogens with one attached hydrogen (secondary N) is 1. The topological polar surface area (TPSA) is 64.1 Å². The molecule has 86 valence electrons. The zero-order valence-corrected chi connectivity index (χ0v) is 9.57. The molecule has 0 aromatic carbocycles. The van der Waals surface area contributed by atoms with Gasteiger partial charge in [0.25, 0.3) is 0 Å². The minimum atomic E-state index is -0.104. The smallest absolute Gasteiger partial charge is 0.231 e. The van der Waals surface area contributed by atoms with Crippen LogP contribution in [0, 0.1) is 5.92 Å². The second kappa shape index (κ2) is 4.76. The molecule has 1 N–H and O–H groups in total. The number of ether oxygens (including phenoxy) is 1. The summed E-state index contributed by atoms with van der Waals surface area (Å²) in [4.78, 5) is 19.5. The first-order chi connectivity index (χ1) is 7.65. The Hall–Kier alpha value is -1.20. The number of carbonyl (C=O) groups is 1. The molecule has 0 radical (unpaired) electrons. The summed E-state index contributed by atoms with van der Waals surface area (Å²) in [6, 6.07) is 0. The Labute approximate surface area is 98.2 Å². The van der Waals surface area contributed by atoms with Crippen molar-refractivity contribution in [3.8, 4) is 0 Å². The third-order valence-electron chi connectivity index (χ3n) is 2.44. The number of nitrogens with zero attached hydrogens (tertiary/aromatic N) is 2. The molecule has 2 atom stereocenters. The fourth-order valence-electron chi connectivity index (χ4n) is 1.61. The van der Waals surface area contributed by atoms with Crippen LogP contribution in [0.25, 0.3) is 0 Å². The minimum Gasteiger partial charge on any atom is -0.378 e. The van der Waals surface area contributed by atoms with Gasteiger partial charge in [-0.25, -0.2) is 9.97 Å². The van der Waals surface area contributed by atoms with Crippen molar-refractivity contribution in [2.24, 2.45) is 5.92 Å². The lowest BCUT2D eigenvalue weighted by Gasteiger charge is -2.07. The summed E-state index contributed by atoms with van der Waals surface area (Å²) in [5, 5.41) is 2.98. The van der Waals surface area contributed by atoms with E-state index in [0.29, 0.717) is 17.6 Å². The molecule has 0 saturated carbocycles. The Balaban J connectivity index is 1.94. The average molecular weight is 242 g/mol. The summed E-state index contributed by atoms with van der Waals surface area (Å²) in [7, 11) is 0. The Morgan fingerprint density at radius 2 is 2.38 bits per heavy atom. The van der Waals surface area contributed by atoms with Crippen molar-refractivity contribution in [1.29, 1.82) is 0 Å². The van der Waals surface area contributed by atoms with E-state index in [4.69, 9.17) is 16.3 Å². The number of carbonyl (C=O) groups excluding carboxylic acids is 1. The molecule has 0 spiro atoms. The maximum atomic E-state index is 11.8. The molecule has 2 heterocycles. The van der Waals surface area contributed by atoms with Gasteiger partial charge in [0.1, 0.15) is 5.15 Å². The second-order valence-electron chi connectivity index (χ2n) is 3.79. The third-order valence-corrected chi connectivity index (χ3v) is 2.64. The lowest BCUT2D eigenvalue weighted by atomic mass is 10.1. The second-order valence-corrected chi connectivity index (χ2v) is 4.18. The average Bonchev–Trinajstić information content (AvgIpc) is 2.68. The Bertz CT molecular complexity index is 382. The highest BCUT2D eigenvalue weighted by atomic mass is 35.5. The Kier molecular flexibility index (Phi) is 3.36. The molecule has 16 heavy (non-hydrogen) atoms. The first kappa shape index (κ1) is 11.3. The Morgan fingerprint density at radius 3 is 2.94 bits per heavy atom. The summed E-state index contributed by atoms with van der Waals surface area (Å²) in [5.41, 5.74) is 0. The van der Waals surface area contributed by atoms with Gasteiger partial charge in [0.15, 0.2) is 5.82 Å². The minimum absolute atomic E-state index is 0.0824. The maximum absolute atomic E-state index is 11.8. The quantitative estimate of drug-likeness (QED) is 0.852. The van der Waals surface area contributed by atoms with Crippen LogP contribution in [-0.2, 0) is 9.53 Å². The number of hydrogen-bond acceptors (Lipinski definition) is 4. The van der Waals surface area contributed by atoms with Gasteiger partial charge >= 0.3 is 0 Å². The first-order valence-corrected chi connectivity index (χ1v) is 5.43. The van der Waals surface area contributed by atoms with Crippen molar-refractivity contribution in [1.82, 2.24) is 9.97 Å². The first-order valence-electron chi connectivity index (χ1n) is 5.05.